The van der Waals surface area contributed by atoms with Crippen LogP contribution in [0, 0.1) is 5.41 Å². The molecule has 0 unspecified atom stereocenters. The number of rotatable bonds is 3. The number of alkyl halides is 1. The Hall–Kier alpha value is -1.01. The zero-order valence-corrected chi connectivity index (χ0v) is 12.1. The summed E-state index contributed by atoms with van der Waals surface area (Å²) in [6.45, 7) is 0. The van der Waals surface area contributed by atoms with Crippen LogP contribution in [0.15, 0.2) is 42.5 Å². The first-order chi connectivity index (χ1) is 9.33. The van der Waals surface area contributed by atoms with E-state index >= 15 is 0 Å². The van der Waals surface area contributed by atoms with E-state index in [4.69, 9.17) is 11.6 Å². The maximum Gasteiger partial charge on any atom is 0.0283 e. The topological polar surface area (TPSA) is 0 Å². The maximum absolute atomic E-state index is 6.34. The molecule has 0 heterocycles. The highest BCUT2D eigenvalue weighted by molar-refractivity contribution is 6.18. The van der Waals surface area contributed by atoms with Crippen molar-refractivity contribution in [3.05, 3.63) is 48.0 Å². The standard InChI is InChI=1S/C18H21Cl/c19-14-18(11-4-1-5-12-18)13-16-9-6-8-15-7-2-3-10-17(15)16/h2-3,6-10H,1,4-5,11-14H2. The first-order valence-corrected chi connectivity index (χ1v) is 7.89. The van der Waals surface area contributed by atoms with E-state index in [1.54, 1.807) is 0 Å². The van der Waals surface area contributed by atoms with E-state index in [9.17, 15) is 0 Å². The molecule has 0 aromatic heterocycles. The summed E-state index contributed by atoms with van der Waals surface area (Å²) in [6, 6.07) is 15.4. The summed E-state index contributed by atoms with van der Waals surface area (Å²) < 4.78 is 0. The Bertz CT molecular complexity index is 547. The van der Waals surface area contributed by atoms with Crippen molar-refractivity contribution in [2.24, 2.45) is 5.41 Å². The van der Waals surface area contributed by atoms with Gasteiger partial charge in [0.15, 0.2) is 0 Å². The first kappa shape index (κ1) is 13.0. The second-order valence-corrected chi connectivity index (χ2v) is 6.28. The van der Waals surface area contributed by atoms with Crippen LogP contribution in [-0.4, -0.2) is 5.88 Å². The SMILES string of the molecule is ClCC1(Cc2cccc3ccccc23)CCCCC1. The zero-order chi connectivity index (χ0) is 13.1. The van der Waals surface area contributed by atoms with E-state index in [0.29, 0.717) is 5.41 Å². The summed E-state index contributed by atoms with van der Waals surface area (Å²) in [5.74, 6) is 0.802. The molecule has 0 saturated heterocycles. The van der Waals surface area contributed by atoms with Crippen molar-refractivity contribution in [1.82, 2.24) is 0 Å². The molecule has 0 amide bonds. The molecule has 1 aliphatic rings. The molecular weight excluding hydrogens is 252 g/mol. The maximum atomic E-state index is 6.34. The van der Waals surface area contributed by atoms with Crippen LogP contribution in [0.5, 0.6) is 0 Å². The lowest BCUT2D eigenvalue weighted by atomic mass is 9.71. The van der Waals surface area contributed by atoms with Gasteiger partial charge in [0.2, 0.25) is 0 Å². The predicted molar refractivity (Wildman–Crippen MR) is 83.9 cm³/mol. The van der Waals surface area contributed by atoms with Crippen molar-refractivity contribution in [3.8, 4) is 0 Å². The number of hydrogen-bond donors (Lipinski definition) is 0. The third-order valence-corrected chi connectivity index (χ3v) is 5.21. The lowest BCUT2D eigenvalue weighted by Crippen LogP contribution is -2.28. The lowest BCUT2D eigenvalue weighted by molar-refractivity contribution is 0.220. The molecule has 3 rings (SSSR count). The molecule has 0 radical (unpaired) electrons. The fraction of sp³-hybridized carbons (Fsp3) is 0.444. The van der Waals surface area contributed by atoms with Crippen LogP contribution in [0.4, 0.5) is 0 Å². The summed E-state index contributed by atoms with van der Waals surface area (Å²) in [4.78, 5) is 0. The molecule has 0 atom stereocenters. The van der Waals surface area contributed by atoms with Crippen molar-refractivity contribution < 1.29 is 0 Å². The minimum absolute atomic E-state index is 0.337. The molecule has 0 nitrogen and oxygen atoms in total. The minimum Gasteiger partial charge on any atom is -0.126 e. The second-order valence-electron chi connectivity index (χ2n) is 6.01. The van der Waals surface area contributed by atoms with Crippen molar-refractivity contribution in [1.29, 1.82) is 0 Å². The molecule has 100 valence electrons. The highest BCUT2D eigenvalue weighted by atomic mass is 35.5. The van der Waals surface area contributed by atoms with Gasteiger partial charge in [-0.15, -0.1) is 11.6 Å². The highest BCUT2D eigenvalue weighted by Crippen LogP contribution is 2.41. The summed E-state index contributed by atoms with van der Waals surface area (Å²) in [7, 11) is 0. The van der Waals surface area contributed by atoms with E-state index < -0.39 is 0 Å². The average Bonchev–Trinajstić information content (AvgIpc) is 2.49. The molecule has 19 heavy (non-hydrogen) atoms. The van der Waals surface area contributed by atoms with E-state index in [0.717, 1.165) is 12.3 Å². The number of hydrogen-bond acceptors (Lipinski definition) is 0. The van der Waals surface area contributed by atoms with Gasteiger partial charge in [0.05, 0.1) is 0 Å². The molecule has 2 aromatic carbocycles. The Morgan fingerprint density at radius 3 is 2.42 bits per heavy atom. The van der Waals surface area contributed by atoms with Gasteiger partial charge in [0, 0.05) is 5.88 Å². The third kappa shape index (κ3) is 2.65. The molecule has 2 aromatic rings. The number of fused-ring (bicyclic) bond motifs is 1. The normalized spacial score (nSPS) is 18.6. The molecule has 0 spiro atoms. The quantitative estimate of drug-likeness (QED) is 0.641. The van der Waals surface area contributed by atoms with Crippen molar-refractivity contribution in [2.45, 2.75) is 38.5 Å². The second kappa shape index (κ2) is 5.54. The molecule has 1 heteroatoms. The van der Waals surface area contributed by atoms with Crippen molar-refractivity contribution in [3.63, 3.8) is 0 Å². The third-order valence-electron chi connectivity index (χ3n) is 4.64. The van der Waals surface area contributed by atoms with Crippen LogP contribution in [0.25, 0.3) is 10.8 Å². The largest absolute Gasteiger partial charge is 0.126 e. The molecular formula is C18H21Cl. The minimum atomic E-state index is 0.337. The van der Waals surface area contributed by atoms with E-state index in [1.807, 2.05) is 0 Å². The fourth-order valence-electron chi connectivity index (χ4n) is 3.51. The summed E-state index contributed by atoms with van der Waals surface area (Å²) in [6.07, 6.45) is 7.79. The Morgan fingerprint density at radius 1 is 0.895 bits per heavy atom. The van der Waals surface area contributed by atoms with Gasteiger partial charge in [-0.25, -0.2) is 0 Å². The van der Waals surface area contributed by atoms with E-state index in [-0.39, 0.29) is 0 Å². The van der Waals surface area contributed by atoms with Gasteiger partial charge in [-0.2, -0.15) is 0 Å². The fourth-order valence-corrected chi connectivity index (χ4v) is 3.87. The Morgan fingerprint density at radius 2 is 1.63 bits per heavy atom. The van der Waals surface area contributed by atoms with Crippen LogP contribution in [0.1, 0.15) is 37.7 Å². The summed E-state index contributed by atoms with van der Waals surface area (Å²) >= 11 is 6.34. The Kier molecular flexibility index (Phi) is 3.79. The lowest BCUT2D eigenvalue weighted by Gasteiger charge is -2.36. The highest BCUT2D eigenvalue weighted by Gasteiger charge is 2.31. The molecule has 1 aliphatic carbocycles. The van der Waals surface area contributed by atoms with Crippen molar-refractivity contribution >= 4 is 22.4 Å². The molecule has 0 bridgehead atoms. The van der Waals surface area contributed by atoms with Gasteiger partial charge in [-0.1, -0.05) is 61.7 Å². The summed E-state index contributed by atoms with van der Waals surface area (Å²) in [5, 5.41) is 2.75. The van der Waals surface area contributed by atoms with Gasteiger partial charge in [0.25, 0.3) is 0 Å². The Labute approximate surface area is 120 Å². The van der Waals surface area contributed by atoms with Crippen LogP contribution >= 0.6 is 11.6 Å². The van der Waals surface area contributed by atoms with Gasteiger partial charge < -0.3 is 0 Å². The predicted octanol–water partition coefficient (Wildman–Crippen LogP) is 5.57. The van der Waals surface area contributed by atoms with E-state index in [2.05, 4.69) is 42.5 Å². The van der Waals surface area contributed by atoms with Crippen molar-refractivity contribution in [2.75, 3.05) is 5.88 Å². The zero-order valence-electron chi connectivity index (χ0n) is 11.4. The summed E-state index contributed by atoms with van der Waals surface area (Å²) in [5.41, 5.74) is 1.81. The molecule has 0 aliphatic heterocycles. The molecule has 1 fully saturated rings. The smallest absolute Gasteiger partial charge is 0.0283 e. The van der Waals surface area contributed by atoms with Crippen LogP contribution in [-0.2, 0) is 6.42 Å². The first-order valence-electron chi connectivity index (χ1n) is 7.36. The molecule has 0 N–H and O–H groups in total. The van der Waals surface area contributed by atoms with Crippen LogP contribution in [0.2, 0.25) is 0 Å². The van der Waals surface area contributed by atoms with Gasteiger partial charge in [0.1, 0.15) is 0 Å². The number of benzene rings is 2. The molecule has 1 saturated carbocycles. The van der Waals surface area contributed by atoms with Crippen LogP contribution in [0.3, 0.4) is 0 Å². The van der Waals surface area contributed by atoms with Gasteiger partial charge in [-0.3, -0.25) is 0 Å². The number of halogens is 1. The Balaban J connectivity index is 1.96. The van der Waals surface area contributed by atoms with Gasteiger partial charge in [-0.05, 0) is 41.0 Å². The monoisotopic (exact) mass is 272 g/mol. The van der Waals surface area contributed by atoms with Crippen LogP contribution < -0.4 is 0 Å². The van der Waals surface area contributed by atoms with Gasteiger partial charge >= 0.3 is 0 Å². The van der Waals surface area contributed by atoms with E-state index in [1.165, 1.54) is 48.4 Å². The average molecular weight is 273 g/mol.